The molecule has 0 aliphatic carbocycles. The Hall–Kier alpha value is -0.246. The van der Waals surface area contributed by atoms with Crippen molar-refractivity contribution in [2.45, 2.75) is 53.5 Å². The average Bonchev–Trinajstić information content (AvgIpc) is 2.39. The van der Waals surface area contributed by atoms with Crippen molar-refractivity contribution in [3.63, 3.8) is 0 Å². The van der Waals surface area contributed by atoms with E-state index in [2.05, 4.69) is 66.2 Å². The molecular formula is C18H31N2OY+. The van der Waals surface area contributed by atoms with E-state index in [4.69, 9.17) is 0 Å². The van der Waals surface area contributed by atoms with Gasteiger partial charge < -0.3 is 9.80 Å². The Kier molecular flexibility index (Phi) is 9.05. The molecule has 121 valence electrons. The second-order valence-electron chi connectivity index (χ2n) is 6.66. The number of hydrogen-bond donors (Lipinski definition) is 1. The number of quaternary nitrogens is 1. The van der Waals surface area contributed by atoms with Crippen LogP contribution in [-0.4, -0.2) is 37.1 Å². The van der Waals surface area contributed by atoms with Crippen LogP contribution in [0, 0.1) is 20.8 Å². The predicted molar refractivity (Wildman–Crippen MR) is 90.6 cm³/mol. The summed E-state index contributed by atoms with van der Waals surface area (Å²) in [6, 6.07) is 4.24. The number of amides is 1. The molecule has 0 aliphatic heterocycles. The quantitative estimate of drug-likeness (QED) is 0.747. The molecule has 3 nitrogen and oxygen atoms in total. The molecule has 1 atom stereocenters. The van der Waals surface area contributed by atoms with Gasteiger partial charge in [0.2, 0.25) is 0 Å². The zero-order chi connectivity index (χ0) is 16.2. The van der Waals surface area contributed by atoms with Crippen LogP contribution in [0.15, 0.2) is 12.1 Å². The maximum atomic E-state index is 12.8. The molecule has 0 aliphatic rings. The number of benzene rings is 1. The zero-order valence-corrected chi connectivity index (χ0v) is 18.1. The van der Waals surface area contributed by atoms with Gasteiger partial charge in [-0.05, 0) is 45.2 Å². The molecule has 0 heterocycles. The fourth-order valence-corrected chi connectivity index (χ4v) is 2.88. The third-order valence-electron chi connectivity index (χ3n) is 4.45. The maximum absolute atomic E-state index is 12.8. The molecule has 4 heteroatoms. The van der Waals surface area contributed by atoms with Crippen molar-refractivity contribution in [3.8, 4) is 0 Å². The molecule has 0 spiro atoms. The standard InChI is InChI=1S/C18H30N2O.Y/c1-8-10-16(20(6,7)9-2)18(21)19-17-14(4)11-13(3)12-15(17)5;/h11-12,16H,8-10H2,1-7H3;/p+1. The van der Waals surface area contributed by atoms with E-state index >= 15 is 0 Å². The molecule has 0 saturated carbocycles. The van der Waals surface area contributed by atoms with Crippen molar-refractivity contribution in [1.82, 2.24) is 0 Å². The van der Waals surface area contributed by atoms with E-state index in [0.717, 1.165) is 40.7 Å². The van der Waals surface area contributed by atoms with Crippen molar-refractivity contribution >= 4 is 11.6 Å². The number of aryl methyl sites for hydroxylation is 3. The molecule has 1 rings (SSSR count). The summed E-state index contributed by atoms with van der Waals surface area (Å²) in [5, 5.41) is 3.18. The van der Waals surface area contributed by atoms with Gasteiger partial charge in [-0.1, -0.05) is 24.6 Å². The van der Waals surface area contributed by atoms with Crippen molar-refractivity contribution in [2.24, 2.45) is 0 Å². The van der Waals surface area contributed by atoms with Gasteiger partial charge in [0, 0.05) is 44.8 Å². The van der Waals surface area contributed by atoms with Crippen molar-refractivity contribution in [3.05, 3.63) is 28.8 Å². The van der Waals surface area contributed by atoms with Crippen LogP contribution < -0.4 is 5.32 Å². The second kappa shape index (κ2) is 9.15. The monoisotopic (exact) mass is 380 g/mol. The van der Waals surface area contributed by atoms with Gasteiger partial charge in [0.05, 0.1) is 20.6 Å². The average molecular weight is 380 g/mol. The Labute approximate surface area is 161 Å². The molecule has 1 unspecified atom stereocenters. The predicted octanol–water partition coefficient (Wildman–Crippen LogP) is 3.81. The summed E-state index contributed by atoms with van der Waals surface area (Å²) in [6.45, 7) is 11.4. The van der Waals surface area contributed by atoms with Gasteiger partial charge in [-0.2, -0.15) is 0 Å². The molecule has 1 amide bonds. The zero-order valence-electron chi connectivity index (χ0n) is 15.3. The van der Waals surface area contributed by atoms with E-state index in [0.29, 0.717) is 0 Å². The first kappa shape index (κ1) is 21.8. The number of likely N-dealkylation sites (N-methyl/N-ethyl adjacent to an activating group) is 1. The summed E-state index contributed by atoms with van der Waals surface area (Å²) < 4.78 is 0.726. The van der Waals surface area contributed by atoms with E-state index in [1.807, 2.05) is 0 Å². The van der Waals surface area contributed by atoms with Crippen LogP contribution in [0.4, 0.5) is 5.69 Å². The fourth-order valence-electron chi connectivity index (χ4n) is 2.88. The minimum Gasteiger partial charge on any atom is -0.320 e. The number of nitrogens with zero attached hydrogens (tertiary/aromatic N) is 1. The number of hydrogen-bond acceptors (Lipinski definition) is 1. The first-order chi connectivity index (χ1) is 9.72. The van der Waals surface area contributed by atoms with Gasteiger partial charge in [-0.25, -0.2) is 0 Å². The van der Waals surface area contributed by atoms with Crippen molar-refractivity contribution in [1.29, 1.82) is 0 Å². The van der Waals surface area contributed by atoms with Crippen LogP contribution in [0.3, 0.4) is 0 Å². The number of carbonyl (C=O) groups is 1. The molecule has 1 aromatic carbocycles. The van der Waals surface area contributed by atoms with E-state index < -0.39 is 0 Å². The summed E-state index contributed by atoms with van der Waals surface area (Å²) in [5.74, 6) is 0.138. The van der Waals surface area contributed by atoms with Gasteiger partial charge in [-0.3, -0.25) is 4.79 Å². The van der Waals surface area contributed by atoms with E-state index in [-0.39, 0.29) is 44.7 Å². The smallest absolute Gasteiger partial charge is 0.282 e. The first-order valence-corrected chi connectivity index (χ1v) is 7.94. The number of carbonyl (C=O) groups excluding carboxylic acids is 1. The van der Waals surface area contributed by atoms with Crippen LogP contribution >= 0.6 is 0 Å². The molecular weight excluding hydrogens is 349 g/mol. The Morgan fingerprint density at radius 2 is 1.64 bits per heavy atom. The molecule has 0 aromatic heterocycles. The Balaban J connectivity index is 0.00000441. The van der Waals surface area contributed by atoms with E-state index in [1.54, 1.807) is 0 Å². The molecule has 1 N–H and O–H groups in total. The summed E-state index contributed by atoms with van der Waals surface area (Å²) in [6.07, 6.45) is 1.93. The Morgan fingerprint density at radius 3 is 2.05 bits per heavy atom. The summed E-state index contributed by atoms with van der Waals surface area (Å²) in [5.41, 5.74) is 4.48. The summed E-state index contributed by atoms with van der Waals surface area (Å²) >= 11 is 0. The minimum absolute atomic E-state index is 0. The SMILES string of the molecule is CCCC(C(=O)Nc1c(C)cc(C)cc1C)[N+](C)(C)CC.[Y]. The molecule has 22 heavy (non-hydrogen) atoms. The van der Waals surface area contributed by atoms with Gasteiger partial charge in [-0.15, -0.1) is 0 Å². The Bertz CT molecular complexity index is 489. The first-order valence-electron chi connectivity index (χ1n) is 7.94. The number of nitrogens with one attached hydrogen (secondary N) is 1. The molecule has 0 fully saturated rings. The second-order valence-corrected chi connectivity index (χ2v) is 6.66. The fraction of sp³-hybridized carbons (Fsp3) is 0.611. The number of anilines is 1. The Morgan fingerprint density at radius 1 is 1.14 bits per heavy atom. The molecule has 0 bridgehead atoms. The molecule has 1 aromatic rings. The topological polar surface area (TPSA) is 29.1 Å². The van der Waals surface area contributed by atoms with E-state index in [9.17, 15) is 4.79 Å². The normalized spacial score (nSPS) is 12.5. The van der Waals surface area contributed by atoms with Crippen LogP contribution in [-0.2, 0) is 37.5 Å². The number of rotatable bonds is 6. The minimum atomic E-state index is 0. The van der Waals surface area contributed by atoms with Crippen LogP contribution in [0.5, 0.6) is 0 Å². The molecule has 0 saturated heterocycles. The van der Waals surface area contributed by atoms with Gasteiger partial charge in [0.15, 0.2) is 6.04 Å². The van der Waals surface area contributed by atoms with Crippen LogP contribution in [0.1, 0.15) is 43.4 Å². The van der Waals surface area contributed by atoms with Crippen LogP contribution in [0.25, 0.3) is 0 Å². The van der Waals surface area contributed by atoms with Crippen LogP contribution in [0.2, 0.25) is 0 Å². The van der Waals surface area contributed by atoms with E-state index in [1.165, 1.54) is 5.56 Å². The maximum Gasteiger partial charge on any atom is 0.282 e. The summed E-state index contributed by atoms with van der Waals surface area (Å²) in [7, 11) is 4.27. The van der Waals surface area contributed by atoms with Gasteiger partial charge >= 0.3 is 0 Å². The third kappa shape index (κ3) is 5.43. The van der Waals surface area contributed by atoms with Crippen molar-refractivity contribution < 1.29 is 42.0 Å². The van der Waals surface area contributed by atoms with Crippen molar-refractivity contribution in [2.75, 3.05) is 26.0 Å². The summed E-state index contributed by atoms with van der Waals surface area (Å²) in [4.78, 5) is 12.8. The van der Waals surface area contributed by atoms with Gasteiger partial charge in [0.1, 0.15) is 0 Å². The van der Waals surface area contributed by atoms with Gasteiger partial charge in [0.25, 0.3) is 5.91 Å². The third-order valence-corrected chi connectivity index (χ3v) is 4.45. The largest absolute Gasteiger partial charge is 0.320 e. The molecule has 1 radical (unpaired) electrons.